The normalized spacial score (nSPS) is 12.9. The smallest absolute Gasteiger partial charge is 0.258 e. The van der Waals surface area contributed by atoms with Gasteiger partial charge in [-0.15, -0.1) is 0 Å². The summed E-state index contributed by atoms with van der Waals surface area (Å²) in [7, 11) is -4.64. The van der Waals surface area contributed by atoms with Crippen LogP contribution in [0.15, 0.2) is 53.4 Å². The molecule has 0 aliphatic heterocycles. The van der Waals surface area contributed by atoms with Crippen LogP contribution in [-0.2, 0) is 20.7 Å². The number of rotatable bonds is 6. The van der Waals surface area contributed by atoms with Gasteiger partial charge in [-0.05, 0) is 12.1 Å². The molecule has 0 fully saturated rings. The number of nitro benzene ring substituents is 1. The summed E-state index contributed by atoms with van der Waals surface area (Å²) in [6, 6.07) is 11.7. The first kappa shape index (κ1) is 18.0. The molecule has 0 spiro atoms. The van der Waals surface area contributed by atoms with Crippen molar-refractivity contribution in [2.75, 3.05) is 0 Å². The molecule has 122 valence electrons. The van der Waals surface area contributed by atoms with Gasteiger partial charge < -0.3 is 0 Å². The van der Waals surface area contributed by atoms with Crippen molar-refractivity contribution >= 4 is 28.5 Å². The van der Waals surface area contributed by atoms with E-state index in [9.17, 15) is 24.1 Å². The van der Waals surface area contributed by atoms with Crippen LogP contribution in [0.3, 0.4) is 0 Å². The zero-order valence-corrected chi connectivity index (χ0v) is 13.7. The monoisotopic (exact) mass is 378 g/mol. The fraction of sp³-hybridized carbons (Fsp3) is 0.0769. The summed E-state index contributed by atoms with van der Waals surface area (Å²) < 4.78 is 37.3. The first-order valence-corrected chi connectivity index (χ1v) is 8.98. The summed E-state index contributed by atoms with van der Waals surface area (Å²) in [4.78, 5) is 10.4. The van der Waals surface area contributed by atoms with Gasteiger partial charge in [-0.2, -0.15) is 14.0 Å². The zero-order chi connectivity index (χ0) is 17.0. The molecule has 0 bridgehead atoms. The van der Waals surface area contributed by atoms with Gasteiger partial charge in [-0.3, -0.25) is 10.1 Å². The predicted molar refractivity (Wildman–Crippen MR) is 75.0 cm³/mol. The Bertz CT molecular complexity index is 674. The Morgan fingerprint density at radius 2 is 1.61 bits per heavy atom. The molecule has 0 aliphatic carbocycles. The van der Waals surface area contributed by atoms with Crippen LogP contribution in [0.1, 0.15) is 5.56 Å². The van der Waals surface area contributed by atoms with Crippen LogP contribution in [-0.4, -0.2) is 4.92 Å². The molecule has 0 saturated heterocycles. The fourth-order valence-electron chi connectivity index (χ4n) is 1.69. The number of hydrogen-bond donors (Lipinski definition) is 0. The average Bonchev–Trinajstić information content (AvgIpc) is 2.47. The maximum absolute atomic E-state index is 10.9. The highest BCUT2D eigenvalue weighted by atomic mass is 35.7. The largest absolute Gasteiger partial charge is 0.357 e. The van der Waals surface area contributed by atoms with Crippen LogP contribution in [0.2, 0.25) is 5.02 Å². The van der Waals surface area contributed by atoms with Crippen molar-refractivity contribution in [1.82, 2.24) is 0 Å². The average molecular weight is 379 g/mol. The highest BCUT2D eigenvalue weighted by Gasteiger charge is 2.43. The lowest BCUT2D eigenvalue weighted by atomic mass is 10.2. The summed E-state index contributed by atoms with van der Waals surface area (Å²) in [5.74, 6) is 0.115. The molecule has 7 nitrogen and oxygen atoms in total. The van der Waals surface area contributed by atoms with Crippen LogP contribution in [0.25, 0.3) is 0 Å². The van der Waals surface area contributed by atoms with Crippen molar-refractivity contribution in [2.45, 2.75) is 10.6 Å². The number of nitro groups is 1. The van der Waals surface area contributed by atoms with E-state index in [0.29, 0.717) is 15.5 Å². The molecular weight excluding hydrogens is 369 g/mol. The topological polar surface area (TPSA) is 122 Å². The second-order valence-corrected chi connectivity index (χ2v) is 7.46. The quantitative estimate of drug-likeness (QED) is 0.403. The van der Waals surface area contributed by atoms with Crippen molar-refractivity contribution in [3.05, 3.63) is 69.2 Å². The van der Waals surface area contributed by atoms with E-state index in [1.165, 1.54) is 24.3 Å². The molecule has 2 aromatic rings. The molecule has 2 rings (SSSR count). The van der Waals surface area contributed by atoms with Gasteiger partial charge in [0.15, 0.2) is 5.75 Å². The van der Waals surface area contributed by atoms with E-state index in [2.05, 4.69) is 3.74 Å². The van der Waals surface area contributed by atoms with Gasteiger partial charge in [0, 0.05) is 34.9 Å². The second kappa shape index (κ2) is 7.45. The van der Waals surface area contributed by atoms with E-state index in [4.69, 9.17) is 11.6 Å². The number of hydrogen-bond acceptors (Lipinski definition) is 6. The number of halogens is 2. The molecule has 0 radical (unpaired) electrons. The molecule has 0 saturated carbocycles. The first-order valence-electron chi connectivity index (χ1n) is 6.05. The number of non-ortho nitro benzene ring substituents is 1. The maximum Gasteiger partial charge on any atom is 0.357 e. The molecule has 1 unspecified atom stereocenters. The lowest BCUT2D eigenvalue weighted by Gasteiger charge is -2.10. The number of benzene rings is 2. The van der Waals surface area contributed by atoms with Crippen molar-refractivity contribution in [3.63, 3.8) is 0 Å². The van der Waals surface area contributed by atoms with E-state index in [-0.39, 0.29) is 11.4 Å². The van der Waals surface area contributed by atoms with E-state index in [1.54, 1.807) is 24.3 Å². The van der Waals surface area contributed by atoms with E-state index < -0.39 is 26.3 Å². The molecule has 0 N–H and O–H groups in total. The Balaban J connectivity index is 2.26. The highest BCUT2D eigenvalue weighted by Crippen LogP contribution is 2.25. The van der Waals surface area contributed by atoms with Crippen LogP contribution >= 0.6 is 11.6 Å². The Morgan fingerprint density at radius 3 is 2.09 bits per heavy atom. The molecule has 2 aromatic carbocycles. The molecule has 10 heteroatoms. The Morgan fingerprint density at radius 1 is 1.04 bits per heavy atom. The van der Waals surface area contributed by atoms with Gasteiger partial charge >= 0.3 is 11.2 Å². The van der Waals surface area contributed by atoms with Crippen molar-refractivity contribution in [2.24, 2.45) is 0 Å². The maximum atomic E-state index is 10.9. The van der Waals surface area contributed by atoms with Crippen LogP contribution in [0, 0.1) is 20.4 Å². The lowest BCUT2D eigenvalue weighted by molar-refractivity contribution is -1.91. The number of nitrogens with zero attached hydrogens (tertiary/aromatic N) is 1. The van der Waals surface area contributed by atoms with E-state index >= 15 is 0 Å². The van der Waals surface area contributed by atoms with Gasteiger partial charge in [0.25, 0.3) is 9.42 Å². The summed E-state index contributed by atoms with van der Waals surface area (Å²) >= 11 is 4.36. The molecule has 0 aromatic heterocycles. The third-order valence-corrected chi connectivity index (χ3v) is 5.55. The fourth-order valence-corrected chi connectivity index (χ4v) is 4.13. The predicted octanol–water partition coefficient (Wildman–Crippen LogP) is 0.254. The Labute approximate surface area is 141 Å². The second-order valence-electron chi connectivity index (χ2n) is 4.31. The standard InChI is InChI=1S/C13H10Cl2NO6S/c14-11-3-1-10(2-4-11)9-23(22-15(17,18)19)13-7-5-12(6-8-13)16(20)21/h1-8H,9H2/q+1. The van der Waals surface area contributed by atoms with Gasteiger partial charge in [0.2, 0.25) is 4.90 Å². The van der Waals surface area contributed by atoms with Gasteiger partial charge in [0.05, 0.1) is 4.92 Å². The van der Waals surface area contributed by atoms with Crippen molar-refractivity contribution in [1.29, 1.82) is 0 Å². The van der Waals surface area contributed by atoms with Crippen LogP contribution < -0.4 is 14.0 Å². The summed E-state index contributed by atoms with van der Waals surface area (Å²) in [5, 5.41) is 11.2. The molecule has 0 heterocycles. The summed E-state index contributed by atoms with van der Waals surface area (Å²) in [5.41, 5.74) is 0.557. The van der Waals surface area contributed by atoms with Crippen molar-refractivity contribution in [3.8, 4) is 0 Å². The third kappa shape index (κ3) is 5.63. The van der Waals surface area contributed by atoms with E-state index in [0.717, 1.165) is 0 Å². The summed E-state index contributed by atoms with van der Waals surface area (Å²) in [6.07, 6.45) is 0. The molecule has 23 heavy (non-hydrogen) atoms. The minimum absolute atomic E-state index is 0.115. The minimum atomic E-state index is -4.64. The first-order chi connectivity index (χ1) is 10.7. The van der Waals surface area contributed by atoms with Gasteiger partial charge in [-0.1, -0.05) is 23.7 Å². The lowest BCUT2D eigenvalue weighted by Crippen LogP contribution is -2.61. The van der Waals surface area contributed by atoms with Crippen LogP contribution in [0.5, 0.6) is 0 Å². The Hall–Kier alpha value is -1.39. The third-order valence-electron chi connectivity index (χ3n) is 2.67. The molecule has 1 atom stereocenters. The molecular formula is C13H10Cl2NO6S+. The molecule has 0 aliphatic rings. The van der Waals surface area contributed by atoms with Crippen LogP contribution in [0.4, 0.5) is 5.69 Å². The van der Waals surface area contributed by atoms with Gasteiger partial charge in [0.1, 0.15) is 10.2 Å². The van der Waals surface area contributed by atoms with Crippen molar-refractivity contribution < 1.29 is 32.9 Å². The highest BCUT2D eigenvalue weighted by molar-refractivity contribution is 7.91. The summed E-state index contributed by atoms with van der Waals surface area (Å²) in [6.45, 7) is 0. The SMILES string of the molecule is O=[N+]([O-])c1ccc([S+](Cc2ccc(Cl)cc2)O[Cl+3]([O-])([O-])[O-])cc1. The van der Waals surface area contributed by atoms with E-state index in [1.807, 2.05) is 0 Å². The minimum Gasteiger partial charge on any atom is -0.258 e. The van der Waals surface area contributed by atoms with Gasteiger partial charge in [-0.25, -0.2) is 0 Å². The molecule has 0 amide bonds. The zero-order valence-electron chi connectivity index (χ0n) is 11.4. The Kier molecular flexibility index (Phi) is 5.82.